The van der Waals surface area contributed by atoms with Crippen molar-refractivity contribution in [3.63, 3.8) is 0 Å². The molecule has 0 bridgehead atoms. The Bertz CT molecular complexity index is 354. The standard InChI is InChI=1S/C10H12N2S2/c13-5-10-12-8-4-2-1-3-7(8)11-9(12)6-14-10/h1-4,9-11,13H,5-6H2/t9-,10-/m1/s1. The van der Waals surface area contributed by atoms with Crippen LogP contribution in [0.1, 0.15) is 0 Å². The van der Waals surface area contributed by atoms with Crippen LogP contribution in [-0.2, 0) is 0 Å². The lowest BCUT2D eigenvalue weighted by Crippen LogP contribution is -2.36. The average Bonchev–Trinajstić information content (AvgIpc) is 2.75. The molecule has 4 heteroatoms. The number of nitrogens with zero attached hydrogens (tertiary/aromatic N) is 1. The Hall–Kier alpha value is -0.480. The van der Waals surface area contributed by atoms with Gasteiger partial charge in [0, 0.05) is 11.5 Å². The van der Waals surface area contributed by atoms with Gasteiger partial charge in [0.2, 0.25) is 0 Å². The molecule has 2 aliphatic heterocycles. The van der Waals surface area contributed by atoms with E-state index in [0.29, 0.717) is 11.5 Å². The number of nitrogens with one attached hydrogen (secondary N) is 1. The summed E-state index contributed by atoms with van der Waals surface area (Å²) in [6, 6.07) is 8.51. The molecular weight excluding hydrogens is 212 g/mol. The molecule has 0 spiro atoms. The van der Waals surface area contributed by atoms with Crippen molar-refractivity contribution in [1.82, 2.24) is 0 Å². The molecule has 0 aliphatic carbocycles. The van der Waals surface area contributed by atoms with E-state index in [2.05, 4.69) is 47.1 Å². The first-order valence-corrected chi connectivity index (χ1v) is 6.44. The number of thiol groups is 1. The lowest BCUT2D eigenvalue weighted by molar-refractivity contribution is 0.771. The van der Waals surface area contributed by atoms with Crippen LogP contribution in [-0.4, -0.2) is 23.0 Å². The molecule has 0 saturated carbocycles. The molecule has 0 amide bonds. The smallest absolute Gasteiger partial charge is 0.109 e. The van der Waals surface area contributed by atoms with Crippen LogP contribution in [0.2, 0.25) is 0 Å². The van der Waals surface area contributed by atoms with Gasteiger partial charge >= 0.3 is 0 Å². The van der Waals surface area contributed by atoms with Crippen LogP contribution in [0.15, 0.2) is 24.3 Å². The van der Waals surface area contributed by atoms with E-state index in [1.165, 1.54) is 11.4 Å². The fraction of sp³-hybridized carbons (Fsp3) is 0.400. The highest BCUT2D eigenvalue weighted by molar-refractivity contribution is 8.01. The molecular formula is C10H12N2S2. The van der Waals surface area contributed by atoms with Gasteiger partial charge in [0.25, 0.3) is 0 Å². The quantitative estimate of drug-likeness (QED) is 0.712. The summed E-state index contributed by atoms with van der Waals surface area (Å²) in [5, 5.41) is 4.06. The lowest BCUT2D eigenvalue weighted by atomic mass is 10.2. The van der Waals surface area contributed by atoms with Gasteiger partial charge in [0.05, 0.1) is 16.7 Å². The molecule has 1 aromatic rings. The summed E-state index contributed by atoms with van der Waals surface area (Å²) in [6.07, 6.45) is 0.481. The minimum Gasteiger partial charge on any atom is -0.363 e. The fourth-order valence-electron chi connectivity index (χ4n) is 2.14. The summed E-state index contributed by atoms with van der Waals surface area (Å²) in [5.74, 6) is 2.07. The van der Waals surface area contributed by atoms with Gasteiger partial charge in [-0.05, 0) is 12.1 Å². The third kappa shape index (κ3) is 1.13. The summed E-state index contributed by atoms with van der Waals surface area (Å²) in [4.78, 5) is 2.45. The van der Waals surface area contributed by atoms with E-state index in [-0.39, 0.29) is 0 Å². The topological polar surface area (TPSA) is 15.3 Å². The molecule has 2 atom stereocenters. The maximum Gasteiger partial charge on any atom is 0.109 e. The zero-order chi connectivity index (χ0) is 9.54. The van der Waals surface area contributed by atoms with Crippen LogP contribution in [0.5, 0.6) is 0 Å². The Labute approximate surface area is 93.5 Å². The number of rotatable bonds is 1. The number of para-hydroxylation sites is 2. The van der Waals surface area contributed by atoms with E-state index in [9.17, 15) is 0 Å². The molecule has 14 heavy (non-hydrogen) atoms. The molecule has 0 radical (unpaired) electrons. The number of thioether (sulfide) groups is 1. The van der Waals surface area contributed by atoms with E-state index in [0.717, 1.165) is 11.5 Å². The number of hydrogen-bond acceptors (Lipinski definition) is 4. The number of anilines is 2. The van der Waals surface area contributed by atoms with Gasteiger partial charge in [-0.2, -0.15) is 12.6 Å². The van der Waals surface area contributed by atoms with E-state index in [4.69, 9.17) is 0 Å². The molecule has 2 nitrogen and oxygen atoms in total. The van der Waals surface area contributed by atoms with Crippen LogP contribution >= 0.6 is 24.4 Å². The Balaban J connectivity index is 2.02. The fourth-order valence-corrected chi connectivity index (χ4v) is 3.81. The third-order valence-corrected chi connectivity index (χ3v) is 4.63. The molecule has 0 unspecified atom stereocenters. The van der Waals surface area contributed by atoms with Crippen molar-refractivity contribution < 1.29 is 0 Å². The third-order valence-electron chi connectivity index (χ3n) is 2.75. The lowest BCUT2D eigenvalue weighted by Gasteiger charge is -2.23. The Morgan fingerprint density at radius 3 is 3.21 bits per heavy atom. The zero-order valence-corrected chi connectivity index (χ0v) is 9.39. The SMILES string of the molecule is SC[C@H]1SC[C@@H]2Nc3ccccc3N21. The summed E-state index contributed by atoms with van der Waals surface area (Å²) in [7, 11) is 0. The van der Waals surface area contributed by atoms with Gasteiger partial charge in [0.15, 0.2) is 0 Å². The highest BCUT2D eigenvalue weighted by atomic mass is 32.2. The molecule has 3 rings (SSSR count). The van der Waals surface area contributed by atoms with E-state index >= 15 is 0 Å². The van der Waals surface area contributed by atoms with Crippen molar-refractivity contribution in [3.05, 3.63) is 24.3 Å². The van der Waals surface area contributed by atoms with Gasteiger partial charge in [-0.1, -0.05) is 12.1 Å². The molecule has 0 aromatic heterocycles. The highest BCUT2D eigenvalue weighted by Gasteiger charge is 2.38. The molecule has 1 N–H and O–H groups in total. The average molecular weight is 224 g/mol. The normalized spacial score (nSPS) is 28.5. The Kier molecular flexibility index (Phi) is 2.06. The predicted molar refractivity (Wildman–Crippen MR) is 66.4 cm³/mol. The van der Waals surface area contributed by atoms with Crippen molar-refractivity contribution >= 4 is 35.8 Å². The monoisotopic (exact) mass is 224 g/mol. The first-order chi connectivity index (χ1) is 6.90. The van der Waals surface area contributed by atoms with E-state index in [1.807, 2.05) is 11.8 Å². The minimum absolute atomic E-state index is 0.481. The largest absolute Gasteiger partial charge is 0.363 e. The zero-order valence-electron chi connectivity index (χ0n) is 7.68. The van der Waals surface area contributed by atoms with Crippen LogP contribution in [0.4, 0.5) is 11.4 Å². The van der Waals surface area contributed by atoms with Gasteiger partial charge in [-0.15, -0.1) is 11.8 Å². The number of fused-ring (bicyclic) bond motifs is 3. The van der Waals surface area contributed by atoms with Crippen molar-refractivity contribution in [1.29, 1.82) is 0 Å². The van der Waals surface area contributed by atoms with Crippen molar-refractivity contribution in [2.45, 2.75) is 11.5 Å². The number of benzene rings is 1. The van der Waals surface area contributed by atoms with E-state index < -0.39 is 0 Å². The van der Waals surface area contributed by atoms with Crippen molar-refractivity contribution in [2.24, 2.45) is 0 Å². The maximum absolute atomic E-state index is 4.40. The van der Waals surface area contributed by atoms with Gasteiger partial charge in [-0.25, -0.2) is 0 Å². The second-order valence-electron chi connectivity index (χ2n) is 3.56. The second kappa shape index (κ2) is 3.28. The molecule has 1 saturated heterocycles. The summed E-state index contributed by atoms with van der Waals surface area (Å²) in [5.41, 5.74) is 2.60. The number of hydrogen-bond donors (Lipinski definition) is 2. The molecule has 2 aliphatic rings. The molecule has 1 aromatic carbocycles. The molecule has 2 heterocycles. The molecule has 74 valence electrons. The maximum atomic E-state index is 4.40. The van der Waals surface area contributed by atoms with Crippen LogP contribution < -0.4 is 10.2 Å². The minimum atomic E-state index is 0.481. The first-order valence-electron chi connectivity index (χ1n) is 4.76. The van der Waals surface area contributed by atoms with Crippen LogP contribution in [0.25, 0.3) is 0 Å². The van der Waals surface area contributed by atoms with Crippen molar-refractivity contribution in [2.75, 3.05) is 21.7 Å². The molecule has 1 fully saturated rings. The summed E-state index contributed by atoms with van der Waals surface area (Å²) in [6.45, 7) is 0. The van der Waals surface area contributed by atoms with Gasteiger partial charge in [0.1, 0.15) is 6.17 Å². The Morgan fingerprint density at radius 1 is 1.50 bits per heavy atom. The second-order valence-corrected chi connectivity index (χ2v) is 5.13. The van der Waals surface area contributed by atoms with Crippen LogP contribution in [0.3, 0.4) is 0 Å². The Morgan fingerprint density at radius 2 is 2.36 bits per heavy atom. The first kappa shape index (κ1) is 8.80. The van der Waals surface area contributed by atoms with E-state index in [1.54, 1.807) is 0 Å². The van der Waals surface area contributed by atoms with Crippen molar-refractivity contribution in [3.8, 4) is 0 Å². The van der Waals surface area contributed by atoms with Crippen LogP contribution in [0, 0.1) is 0 Å². The van der Waals surface area contributed by atoms with Gasteiger partial charge in [-0.3, -0.25) is 0 Å². The predicted octanol–water partition coefficient (Wildman–Crippen LogP) is 2.25. The highest BCUT2D eigenvalue weighted by Crippen LogP contribution is 2.43. The summed E-state index contributed by atoms with van der Waals surface area (Å²) >= 11 is 6.38. The van der Waals surface area contributed by atoms with Gasteiger partial charge < -0.3 is 10.2 Å². The summed E-state index contributed by atoms with van der Waals surface area (Å²) < 4.78 is 0.